The molecule has 0 fully saturated rings. The van der Waals surface area contributed by atoms with Gasteiger partial charge in [0, 0.05) is 26.7 Å². The molecule has 2 amide bonds. The number of rotatable bonds is 3. The van der Waals surface area contributed by atoms with Gasteiger partial charge in [-0.1, -0.05) is 46.9 Å². The largest absolute Gasteiger partial charge is 0.465 e. The number of carboxylic acid groups (broad SMARTS) is 1. The van der Waals surface area contributed by atoms with Crippen LogP contribution in [0.3, 0.4) is 0 Å². The molecular weight excluding hydrogens is 461 g/mol. The van der Waals surface area contributed by atoms with Crippen molar-refractivity contribution in [2.75, 3.05) is 0 Å². The van der Waals surface area contributed by atoms with Gasteiger partial charge in [0.05, 0.1) is 16.4 Å². The fourth-order valence-electron chi connectivity index (χ4n) is 3.26. The third-order valence-electron chi connectivity index (χ3n) is 4.65. The Balaban J connectivity index is 2.29. The van der Waals surface area contributed by atoms with Crippen LogP contribution in [0.25, 0.3) is 16.9 Å². The van der Waals surface area contributed by atoms with Crippen LogP contribution in [0.5, 0.6) is 0 Å². The second-order valence-corrected chi connectivity index (χ2v) is 9.21. The first-order chi connectivity index (χ1) is 14.4. The van der Waals surface area contributed by atoms with Gasteiger partial charge in [0.15, 0.2) is 5.69 Å². The SMILES string of the molecule is Cc1c(C(=O)N(C(=O)O)C(C)(C)C)nn(-c2ccc(Cl)cc2Cl)c1-c1ccc(Cl)cc1. The molecular formula is C22H20Cl3N3O3. The van der Waals surface area contributed by atoms with Crippen molar-refractivity contribution in [1.82, 2.24) is 14.7 Å². The topological polar surface area (TPSA) is 75.4 Å². The number of hydrogen-bond acceptors (Lipinski definition) is 3. The fraction of sp³-hybridized carbons (Fsp3) is 0.227. The van der Waals surface area contributed by atoms with E-state index in [1.165, 1.54) is 4.68 Å². The molecule has 0 atom stereocenters. The molecule has 3 rings (SSSR count). The number of halogens is 3. The number of amides is 2. The molecule has 0 spiro atoms. The summed E-state index contributed by atoms with van der Waals surface area (Å²) in [5.41, 5.74) is 1.37. The molecule has 2 aromatic carbocycles. The fourth-order valence-corrected chi connectivity index (χ4v) is 3.87. The molecule has 0 unspecified atom stereocenters. The molecule has 6 nitrogen and oxygen atoms in total. The molecule has 0 aliphatic carbocycles. The lowest BCUT2D eigenvalue weighted by Gasteiger charge is -2.30. The summed E-state index contributed by atoms with van der Waals surface area (Å²) in [6.07, 6.45) is -1.36. The predicted molar refractivity (Wildman–Crippen MR) is 123 cm³/mol. The van der Waals surface area contributed by atoms with Crippen molar-refractivity contribution in [3.8, 4) is 16.9 Å². The summed E-state index contributed by atoms with van der Waals surface area (Å²) in [5, 5.41) is 15.5. The minimum absolute atomic E-state index is 0.00768. The molecule has 0 saturated heterocycles. The van der Waals surface area contributed by atoms with Crippen molar-refractivity contribution in [1.29, 1.82) is 0 Å². The van der Waals surface area contributed by atoms with Gasteiger partial charge in [0.2, 0.25) is 0 Å². The molecule has 31 heavy (non-hydrogen) atoms. The molecule has 1 heterocycles. The van der Waals surface area contributed by atoms with Crippen molar-refractivity contribution in [2.24, 2.45) is 0 Å². The van der Waals surface area contributed by atoms with E-state index >= 15 is 0 Å². The Morgan fingerprint density at radius 1 is 1.00 bits per heavy atom. The van der Waals surface area contributed by atoms with E-state index in [1.54, 1.807) is 70.2 Å². The lowest BCUT2D eigenvalue weighted by molar-refractivity contribution is 0.0572. The first-order valence-corrected chi connectivity index (χ1v) is 10.4. The van der Waals surface area contributed by atoms with E-state index in [0.29, 0.717) is 32.0 Å². The maximum atomic E-state index is 13.3. The first-order valence-electron chi connectivity index (χ1n) is 9.30. The molecule has 3 aromatic rings. The van der Waals surface area contributed by atoms with Crippen LogP contribution in [0.4, 0.5) is 4.79 Å². The van der Waals surface area contributed by atoms with E-state index in [4.69, 9.17) is 34.8 Å². The van der Waals surface area contributed by atoms with Crippen molar-refractivity contribution in [3.63, 3.8) is 0 Å². The van der Waals surface area contributed by atoms with E-state index in [-0.39, 0.29) is 5.69 Å². The van der Waals surface area contributed by atoms with Gasteiger partial charge in [-0.25, -0.2) is 14.4 Å². The van der Waals surface area contributed by atoms with Gasteiger partial charge in [-0.2, -0.15) is 5.10 Å². The average Bonchev–Trinajstić information content (AvgIpc) is 2.98. The summed E-state index contributed by atoms with van der Waals surface area (Å²) >= 11 is 18.5. The molecule has 0 bridgehead atoms. The normalized spacial score (nSPS) is 11.5. The van der Waals surface area contributed by atoms with Gasteiger partial charge in [-0.15, -0.1) is 0 Å². The van der Waals surface area contributed by atoms with Crippen LogP contribution >= 0.6 is 34.8 Å². The maximum Gasteiger partial charge on any atom is 0.414 e. The zero-order valence-corrected chi connectivity index (χ0v) is 19.5. The number of imide groups is 1. The number of hydrogen-bond donors (Lipinski definition) is 1. The number of benzene rings is 2. The Labute approximate surface area is 194 Å². The van der Waals surface area contributed by atoms with E-state index in [9.17, 15) is 14.7 Å². The maximum absolute atomic E-state index is 13.3. The van der Waals surface area contributed by atoms with E-state index < -0.39 is 17.5 Å². The Bertz CT molecular complexity index is 1170. The second kappa shape index (κ2) is 8.54. The highest BCUT2D eigenvalue weighted by molar-refractivity contribution is 6.35. The summed E-state index contributed by atoms with van der Waals surface area (Å²) in [6.45, 7) is 6.64. The van der Waals surface area contributed by atoms with Crippen LogP contribution in [-0.4, -0.2) is 37.3 Å². The Morgan fingerprint density at radius 2 is 1.58 bits per heavy atom. The van der Waals surface area contributed by atoms with Crippen LogP contribution in [0.1, 0.15) is 36.8 Å². The predicted octanol–water partition coefficient (Wildman–Crippen LogP) is 6.73. The van der Waals surface area contributed by atoms with Crippen LogP contribution in [0.2, 0.25) is 15.1 Å². The van der Waals surface area contributed by atoms with Gasteiger partial charge >= 0.3 is 6.09 Å². The molecule has 0 aliphatic rings. The highest BCUT2D eigenvalue weighted by Gasteiger charge is 2.36. The number of aromatic nitrogens is 2. The Morgan fingerprint density at radius 3 is 2.10 bits per heavy atom. The van der Waals surface area contributed by atoms with Crippen molar-refractivity contribution < 1.29 is 14.7 Å². The van der Waals surface area contributed by atoms with Crippen LogP contribution < -0.4 is 0 Å². The zero-order chi connectivity index (χ0) is 23.1. The zero-order valence-electron chi connectivity index (χ0n) is 17.3. The molecule has 1 aromatic heterocycles. The van der Waals surface area contributed by atoms with E-state index in [0.717, 1.165) is 10.5 Å². The lowest BCUT2D eigenvalue weighted by Crippen LogP contribution is -2.49. The molecule has 1 N–H and O–H groups in total. The van der Waals surface area contributed by atoms with Crippen molar-refractivity contribution in [3.05, 3.63) is 68.8 Å². The average molecular weight is 481 g/mol. The van der Waals surface area contributed by atoms with Gasteiger partial charge in [-0.05, 0) is 58.0 Å². The standard InChI is InChI=1S/C22H20Cl3N3O3/c1-12-18(20(29)27(21(30)31)22(2,3)4)26-28(17-10-9-15(24)11-16(17)25)19(12)13-5-7-14(23)8-6-13/h5-11H,1-4H3,(H,30,31). The van der Waals surface area contributed by atoms with Crippen LogP contribution in [-0.2, 0) is 0 Å². The highest BCUT2D eigenvalue weighted by atomic mass is 35.5. The van der Waals surface area contributed by atoms with Crippen molar-refractivity contribution in [2.45, 2.75) is 33.2 Å². The lowest BCUT2D eigenvalue weighted by atomic mass is 10.0. The molecule has 162 valence electrons. The monoisotopic (exact) mass is 479 g/mol. The third-order valence-corrected chi connectivity index (χ3v) is 5.44. The molecule has 0 aliphatic heterocycles. The van der Waals surface area contributed by atoms with Gasteiger partial charge in [0.1, 0.15) is 0 Å². The number of carbonyl (C=O) groups excluding carboxylic acids is 1. The quantitative estimate of drug-likeness (QED) is 0.451. The minimum Gasteiger partial charge on any atom is -0.465 e. The third kappa shape index (κ3) is 4.56. The number of carbonyl (C=O) groups is 2. The summed E-state index contributed by atoms with van der Waals surface area (Å²) in [5.74, 6) is -0.725. The number of nitrogens with zero attached hydrogens (tertiary/aromatic N) is 3. The summed E-state index contributed by atoms with van der Waals surface area (Å²) in [6, 6.07) is 11.9. The van der Waals surface area contributed by atoms with Gasteiger partial charge < -0.3 is 5.11 Å². The van der Waals surface area contributed by atoms with Crippen molar-refractivity contribution >= 4 is 46.8 Å². The second-order valence-electron chi connectivity index (χ2n) is 7.93. The summed E-state index contributed by atoms with van der Waals surface area (Å²) in [4.78, 5) is 25.9. The molecule has 0 saturated carbocycles. The smallest absolute Gasteiger partial charge is 0.414 e. The van der Waals surface area contributed by atoms with Crippen LogP contribution in [0, 0.1) is 6.92 Å². The van der Waals surface area contributed by atoms with E-state index in [2.05, 4.69) is 5.10 Å². The molecule has 0 radical (unpaired) electrons. The Kier molecular flexibility index (Phi) is 6.37. The summed E-state index contributed by atoms with van der Waals surface area (Å²) in [7, 11) is 0. The summed E-state index contributed by atoms with van der Waals surface area (Å²) < 4.78 is 1.52. The molecule has 9 heteroatoms. The van der Waals surface area contributed by atoms with Crippen LogP contribution in [0.15, 0.2) is 42.5 Å². The first kappa shape index (κ1) is 23.1. The van der Waals surface area contributed by atoms with Gasteiger partial charge in [0.25, 0.3) is 5.91 Å². The Hall–Kier alpha value is -2.54. The highest BCUT2D eigenvalue weighted by Crippen LogP contribution is 2.34. The minimum atomic E-state index is -1.36. The van der Waals surface area contributed by atoms with E-state index in [1.807, 2.05) is 0 Å². The van der Waals surface area contributed by atoms with Gasteiger partial charge in [-0.3, -0.25) is 4.79 Å².